The molecular weight excluding hydrogens is 402 g/mol. The highest BCUT2D eigenvalue weighted by Gasteiger charge is 2.59. The Labute approximate surface area is 191 Å². The maximum atomic E-state index is 12.9. The van der Waals surface area contributed by atoms with Crippen LogP contribution in [0.15, 0.2) is 42.0 Å². The molecule has 2 heterocycles. The predicted molar refractivity (Wildman–Crippen MR) is 123 cm³/mol. The predicted octanol–water partition coefficient (Wildman–Crippen LogP) is 3.34. The second-order valence-electron chi connectivity index (χ2n) is 11.0. The molecule has 0 radical (unpaired) electrons. The maximum Gasteiger partial charge on any atom is 0.311 e. The summed E-state index contributed by atoms with van der Waals surface area (Å²) in [4.78, 5) is 15.2. The minimum atomic E-state index is -0.689. The van der Waals surface area contributed by atoms with Crippen molar-refractivity contribution in [1.29, 1.82) is 0 Å². The molecule has 0 aromatic heterocycles. The van der Waals surface area contributed by atoms with Crippen LogP contribution in [0.25, 0.3) is 0 Å². The van der Waals surface area contributed by atoms with E-state index in [1.807, 2.05) is 18.2 Å². The number of benzene rings is 1. The fraction of sp³-hybridized carbons (Fsp3) is 0.667. The van der Waals surface area contributed by atoms with E-state index in [1.165, 1.54) is 5.57 Å². The molecule has 1 saturated carbocycles. The van der Waals surface area contributed by atoms with Crippen molar-refractivity contribution < 1.29 is 19.7 Å². The van der Waals surface area contributed by atoms with Crippen LogP contribution in [0.3, 0.4) is 0 Å². The van der Waals surface area contributed by atoms with Gasteiger partial charge in [0.2, 0.25) is 0 Å². The molecule has 174 valence electrons. The van der Waals surface area contributed by atoms with E-state index in [2.05, 4.69) is 37.0 Å². The van der Waals surface area contributed by atoms with E-state index in [1.54, 1.807) is 0 Å². The van der Waals surface area contributed by atoms with Crippen molar-refractivity contribution in [2.24, 2.45) is 23.2 Å². The topological polar surface area (TPSA) is 70.0 Å². The molecule has 1 aromatic rings. The monoisotopic (exact) mass is 439 g/mol. The molecule has 5 heteroatoms. The molecule has 2 N–H and O–H groups in total. The highest BCUT2D eigenvalue weighted by Crippen LogP contribution is 2.56. The summed E-state index contributed by atoms with van der Waals surface area (Å²) in [5.74, 6) is -0.185. The van der Waals surface area contributed by atoms with Gasteiger partial charge in [0, 0.05) is 43.8 Å². The summed E-state index contributed by atoms with van der Waals surface area (Å²) in [6.07, 6.45) is 6.48. The van der Waals surface area contributed by atoms with Crippen LogP contribution in [0.2, 0.25) is 0 Å². The number of fused-ring (bicyclic) bond motifs is 2. The molecule has 3 fully saturated rings. The summed E-state index contributed by atoms with van der Waals surface area (Å²) >= 11 is 0. The van der Waals surface area contributed by atoms with Gasteiger partial charge < -0.3 is 19.8 Å². The van der Waals surface area contributed by atoms with Crippen LogP contribution in [0.4, 0.5) is 0 Å². The molecule has 0 amide bonds. The molecule has 2 aliphatic carbocycles. The standard InChI is InChI=1S/C27H37NO4/c1-18-7-6-10-20-15-22-23(24(29)26(18,20)2)21(25(30)32-22)17-28-13-11-27(31,12-14-28)16-19-8-4-3-5-9-19/h3-5,8-10,18,21-24,29,31H,6-7,11-17H2,1-2H3/t18-,21+,22-,23-,24+,26-/m1/s1. The first-order valence-electron chi connectivity index (χ1n) is 12.4. The molecule has 0 unspecified atom stereocenters. The molecule has 2 aliphatic heterocycles. The average Bonchev–Trinajstić information content (AvgIpc) is 3.08. The molecule has 0 spiro atoms. The number of allylic oxidation sites excluding steroid dienone is 1. The van der Waals surface area contributed by atoms with Crippen molar-refractivity contribution >= 4 is 5.97 Å². The third kappa shape index (κ3) is 3.72. The average molecular weight is 440 g/mol. The molecule has 0 bridgehead atoms. The normalized spacial score (nSPS) is 39.1. The Bertz CT molecular complexity index is 875. The van der Waals surface area contributed by atoms with Gasteiger partial charge in [0.05, 0.1) is 17.6 Å². The number of ether oxygens (including phenoxy) is 1. The number of piperidine rings is 1. The first-order chi connectivity index (χ1) is 15.3. The van der Waals surface area contributed by atoms with Crippen LogP contribution < -0.4 is 0 Å². The van der Waals surface area contributed by atoms with E-state index in [4.69, 9.17) is 4.74 Å². The number of hydrogen-bond acceptors (Lipinski definition) is 5. The van der Waals surface area contributed by atoms with E-state index in [-0.39, 0.29) is 29.3 Å². The second-order valence-corrected chi connectivity index (χ2v) is 11.0. The summed E-state index contributed by atoms with van der Waals surface area (Å²) in [6, 6.07) is 10.2. The van der Waals surface area contributed by atoms with Crippen LogP contribution in [-0.4, -0.2) is 58.5 Å². The number of nitrogens with zero attached hydrogens (tertiary/aromatic N) is 1. The highest BCUT2D eigenvalue weighted by molar-refractivity contribution is 5.76. The van der Waals surface area contributed by atoms with Crippen molar-refractivity contribution in [2.45, 2.75) is 70.2 Å². The van der Waals surface area contributed by atoms with Crippen molar-refractivity contribution in [1.82, 2.24) is 4.90 Å². The van der Waals surface area contributed by atoms with Gasteiger partial charge >= 0.3 is 5.97 Å². The van der Waals surface area contributed by atoms with Crippen LogP contribution in [0, 0.1) is 23.2 Å². The number of hydrogen-bond donors (Lipinski definition) is 2. The first kappa shape index (κ1) is 22.1. The summed E-state index contributed by atoms with van der Waals surface area (Å²) in [7, 11) is 0. The van der Waals surface area contributed by atoms with Crippen molar-refractivity contribution in [3.05, 3.63) is 47.5 Å². The Morgan fingerprint density at radius 2 is 1.91 bits per heavy atom. The zero-order chi connectivity index (χ0) is 22.5. The molecule has 6 atom stereocenters. The SMILES string of the molecule is C[C@@H]1CCC=C2C[C@H]3OC(=O)[C@@H](CN4CCC(O)(Cc5ccccc5)CC4)[C@H]3[C@H](O)[C@@]21C. The van der Waals surface area contributed by atoms with Gasteiger partial charge in [-0.15, -0.1) is 0 Å². The van der Waals surface area contributed by atoms with Crippen molar-refractivity contribution in [3.8, 4) is 0 Å². The lowest BCUT2D eigenvalue weighted by Gasteiger charge is -2.52. The lowest BCUT2D eigenvalue weighted by molar-refractivity contribution is -0.145. The molecule has 5 nitrogen and oxygen atoms in total. The lowest BCUT2D eigenvalue weighted by atomic mass is 9.55. The van der Waals surface area contributed by atoms with E-state index >= 15 is 0 Å². The number of aliphatic hydroxyl groups is 2. The molecular formula is C27H37NO4. The van der Waals surface area contributed by atoms with E-state index in [9.17, 15) is 15.0 Å². The number of esters is 1. The minimum Gasteiger partial charge on any atom is -0.461 e. The Balaban J connectivity index is 1.26. The Morgan fingerprint density at radius 3 is 2.62 bits per heavy atom. The van der Waals surface area contributed by atoms with Crippen molar-refractivity contribution in [3.63, 3.8) is 0 Å². The van der Waals surface area contributed by atoms with E-state index < -0.39 is 11.7 Å². The number of likely N-dealkylation sites (tertiary alicyclic amines) is 1. The zero-order valence-electron chi connectivity index (χ0n) is 19.4. The largest absolute Gasteiger partial charge is 0.461 e. The van der Waals surface area contributed by atoms with E-state index in [0.717, 1.165) is 37.9 Å². The fourth-order valence-corrected chi connectivity index (χ4v) is 6.86. The van der Waals surface area contributed by atoms with Gasteiger partial charge in [0.15, 0.2) is 0 Å². The van der Waals surface area contributed by atoms with E-state index in [0.29, 0.717) is 31.7 Å². The third-order valence-corrected chi connectivity index (χ3v) is 9.19. The number of rotatable bonds is 4. The quantitative estimate of drug-likeness (QED) is 0.556. The third-order valence-electron chi connectivity index (χ3n) is 9.19. The van der Waals surface area contributed by atoms with Crippen LogP contribution in [0.1, 0.15) is 51.5 Å². The van der Waals surface area contributed by atoms with Crippen molar-refractivity contribution in [2.75, 3.05) is 19.6 Å². The van der Waals surface area contributed by atoms with Crippen LogP contribution in [0.5, 0.6) is 0 Å². The summed E-state index contributed by atoms with van der Waals surface area (Å²) in [5, 5.41) is 22.7. The summed E-state index contributed by atoms with van der Waals surface area (Å²) in [6.45, 7) is 6.57. The molecule has 4 aliphatic rings. The number of carbonyl (C=O) groups is 1. The molecule has 1 aromatic carbocycles. The van der Waals surface area contributed by atoms with Gasteiger partial charge in [-0.2, -0.15) is 0 Å². The smallest absolute Gasteiger partial charge is 0.311 e. The zero-order valence-corrected chi connectivity index (χ0v) is 19.4. The maximum absolute atomic E-state index is 12.9. The Kier molecular flexibility index (Phi) is 5.71. The molecule has 2 saturated heterocycles. The lowest BCUT2D eigenvalue weighted by Crippen LogP contribution is -2.55. The van der Waals surface area contributed by atoms with Crippen LogP contribution in [-0.2, 0) is 16.0 Å². The summed E-state index contributed by atoms with van der Waals surface area (Å²) < 4.78 is 5.82. The minimum absolute atomic E-state index is 0.143. The van der Waals surface area contributed by atoms with Gasteiger partial charge in [-0.05, 0) is 37.2 Å². The number of carbonyl (C=O) groups excluding carboxylic acids is 1. The van der Waals surface area contributed by atoms with Gasteiger partial charge in [-0.25, -0.2) is 0 Å². The van der Waals surface area contributed by atoms with Gasteiger partial charge in [-0.3, -0.25) is 4.79 Å². The fourth-order valence-electron chi connectivity index (χ4n) is 6.86. The van der Waals surface area contributed by atoms with Gasteiger partial charge in [0.1, 0.15) is 6.10 Å². The van der Waals surface area contributed by atoms with Crippen LogP contribution >= 0.6 is 0 Å². The van der Waals surface area contributed by atoms with Gasteiger partial charge in [0.25, 0.3) is 0 Å². The van der Waals surface area contributed by atoms with Gasteiger partial charge in [-0.1, -0.05) is 55.8 Å². The molecule has 5 rings (SSSR count). The first-order valence-corrected chi connectivity index (χ1v) is 12.4. The second kappa shape index (κ2) is 8.27. The Hall–Kier alpha value is -1.69. The number of aliphatic hydroxyl groups excluding tert-OH is 1. The Morgan fingerprint density at radius 1 is 1.19 bits per heavy atom. The highest BCUT2D eigenvalue weighted by atomic mass is 16.6. The summed E-state index contributed by atoms with van der Waals surface area (Å²) in [5.41, 5.74) is 1.49. The molecule has 32 heavy (non-hydrogen) atoms.